The van der Waals surface area contributed by atoms with E-state index < -0.39 is 21.7 Å². The van der Waals surface area contributed by atoms with Crippen LogP contribution < -0.4 is 14.4 Å². The number of nitrogens with zero attached hydrogens (tertiary/aromatic N) is 1. The SMILES string of the molecule is CC(C)Oc1cccc(CCCNC(=O)CCCN(c2ccc(F)c(F)c2)S(C)(=O)=O)c1. The maximum atomic E-state index is 13.5. The van der Waals surface area contributed by atoms with Crippen molar-refractivity contribution in [3.8, 4) is 5.75 Å². The topological polar surface area (TPSA) is 75.7 Å². The van der Waals surface area contributed by atoms with Gasteiger partial charge in [0.25, 0.3) is 0 Å². The molecule has 1 amide bonds. The van der Waals surface area contributed by atoms with Gasteiger partial charge in [0.2, 0.25) is 15.9 Å². The largest absolute Gasteiger partial charge is 0.491 e. The molecule has 0 aliphatic carbocycles. The van der Waals surface area contributed by atoms with Crippen LogP contribution in [0.15, 0.2) is 42.5 Å². The second-order valence-corrected chi connectivity index (χ2v) is 9.71. The molecule has 0 spiro atoms. The summed E-state index contributed by atoms with van der Waals surface area (Å²) in [6.45, 7) is 4.41. The molecule has 176 valence electrons. The number of sulfonamides is 1. The van der Waals surface area contributed by atoms with E-state index in [-0.39, 0.29) is 37.1 Å². The molecule has 2 rings (SSSR count). The maximum Gasteiger partial charge on any atom is 0.232 e. The lowest BCUT2D eigenvalue weighted by atomic mass is 10.1. The average molecular weight is 469 g/mol. The van der Waals surface area contributed by atoms with Crippen molar-refractivity contribution in [2.24, 2.45) is 0 Å². The Morgan fingerprint density at radius 1 is 1.09 bits per heavy atom. The number of hydrogen-bond acceptors (Lipinski definition) is 4. The van der Waals surface area contributed by atoms with Gasteiger partial charge in [0, 0.05) is 25.6 Å². The molecule has 0 aliphatic heterocycles. The lowest BCUT2D eigenvalue weighted by molar-refractivity contribution is -0.121. The fourth-order valence-electron chi connectivity index (χ4n) is 3.16. The molecule has 0 aromatic heterocycles. The first-order valence-electron chi connectivity index (χ1n) is 10.5. The van der Waals surface area contributed by atoms with Gasteiger partial charge in [0.15, 0.2) is 11.6 Å². The number of halogens is 2. The smallest absolute Gasteiger partial charge is 0.232 e. The summed E-state index contributed by atoms with van der Waals surface area (Å²) in [5.74, 6) is -1.56. The van der Waals surface area contributed by atoms with Crippen LogP contribution in [-0.4, -0.2) is 39.8 Å². The molecule has 0 aliphatic rings. The number of benzene rings is 2. The van der Waals surface area contributed by atoms with E-state index in [2.05, 4.69) is 5.32 Å². The minimum Gasteiger partial charge on any atom is -0.491 e. The van der Waals surface area contributed by atoms with Crippen molar-refractivity contribution in [3.63, 3.8) is 0 Å². The summed E-state index contributed by atoms with van der Waals surface area (Å²) in [6, 6.07) is 10.7. The standard InChI is InChI=1S/C23H30F2N2O4S/c1-17(2)31-20-9-4-7-18(15-20)8-5-13-26-23(28)10-6-14-27(32(3,29)30)19-11-12-21(24)22(25)16-19/h4,7,9,11-12,15-17H,5-6,8,10,13-14H2,1-3H3,(H,26,28). The summed E-state index contributed by atoms with van der Waals surface area (Å²) in [5.41, 5.74) is 1.14. The van der Waals surface area contributed by atoms with Crippen molar-refractivity contribution < 1.29 is 26.7 Å². The minimum absolute atomic E-state index is 0.0139. The summed E-state index contributed by atoms with van der Waals surface area (Å²) in [7, 11) is -3.71. The highest BCUT2D eigenvalue weighted by molar-refractivity contribution is 7.92. The summed E-state index contributed by atoms with van der Waals surface area (Å²) < 4.78 is 57.3. The van der Waals surface area contributed by atoms with E-state index in [1.54, 1.807) is 0 Å². The molecule has 0 radical (unpaired) electrons. The zero-order valence-electron chi connectivity index (χ0n) is 18.6. The number of nitrogens with one attached hydrogen (secondary N) is 1. The van der Waals surface area contributed by atoms with Crippen LogP contribution in [0, 0.1) is 11.6 Å². The molecule has 0 fully saturated rings. The van der Waals surface area contributed by atoms with Gasteiger partial charge in [-0.3, -0.25) is 9.10 Å². The van der Waals surface area contributed by atoms with Crippen molar-refractivity contribution >= 4 is 21.6 Å². The third kappa shape index (κ3) is 8.45. The molecule has 0 saturated carbocycles. The van der Waals surface area contributed by atoms with Crippen LogP contribution in [-0.2, 0) is 21.2 Å². The Morgan fingerprint density at radius 3 is 2.50 bits per heavy atom. The first-order chi connectivity index (χ1) is 15.1. The lowest BCUT2D eigenvalue weighted by Gasteiger charge is -2.22. The third-order valence-electron chi connectivity index (χ3n) is 4.59. The van der Waals surface area contributed by atoms with Crippen LogP contribution in [0.2, 0.25) is 0 Å². The molecular weight excluding hydrogens is 438 g/mol. The van der Waals surface area contributed by atoms with Crippen molar-refractivity contribution in [1.82, 2.24) is 5.32 Å². The van der Waals surface area contributed by atoms with E-state index in [9.17, 15) is 22.0 Å². The zero-order valence-corrected chi connectivity index (χ0v) is 19.4. The molecule has 2 aromatic rings. The monoisotopic (exact) mass is 468 g/mol. The molecule has 0 saturated heterocycles. The molecule has 2 aromatic carbocycles. The highest BCUT2D eigenvalue weighted by atomic mass is 32.2. The number of ether oxygens (including phenoxy) is 1. The Hall–Kier alpha value is -2.68. The van der Waals surface area contributed by atoms with Crippen molar-refractivity contribution in [2.45, 2.75) is 45.6 Å². The van der Waals surface area contributed by atoms with Gasteiger partial charge in [-0.15, -0.1) is 0 Å². The minimum atomic E-state index is -3.71. The predicted molar refractivity (Wildman–Crippen MR) is 121 cm³/mol. The fourth-order valence-corrected chi connectivity index (χ4v) is 4.12. The van der Waals surface area contributed by atoms with E-state index >= 15 is 0 Å². The van der Waals surface area contributed by atoms with Gasteiger partial charge >= 0.3 is 0 Å². The summed E-state index contributed by atoms with van der Waals surface area (Å²) >= 11 is 0. The van der Waals surface area contributed by atoms with E-state index in [1.807, 2.05) is 38.1 Å². The van der Waals surface area contributed by atoms with E-state index in [0.29, 0.717) is 6.54 Å². The highest BCUT2D eigenvalue weighted by Gasteiger charge is 2.19. The van der Waals surface area contributed by atoms with Crippen molar-refractivity contribution in [2.75, 3.05) is 23.7 Å². The zero-order chi connectivity index (χ0) is 23.7. The summed E-state index contributed by atoms with van der Waals surface area (Å²) in [6.07, 6.45) is 2.98. The second-order valence-electron chi connectivity index (χ2n) is 7.80. The first kappa shape index (κ1) is 25.6. The highest BCUT2D eigenvalue weighted by Crippen LogP contribution is 2.21. The number of aryl methyl sites for hydroxylation is 1. The number of amides is 1. The van der Waals surface area contributed by atoms with Gasteiger partial charge in [-0.2, -0.15) is 0 Å². The quantitative estimate of drug-likeness (QED) is 0.477. The number of anilines is 1. The van der Waals surface area contributed by atoms with Gasteiger partial charge in [-0.05, 0) is 62.9 Å². The molecule has 6 nitrogen and oxygen atoms in total. The number of hydrogen-bond donors (Lipinski definition) is 1. The Balaban J connectivity index is 1.76. The fraction of sp³-hybridized carbons (Fsp3) is 0.435. The Bertz CT molecular complexity index is 1010. The Morgan fingerprint density at radius 2 is 1.84 bits per heavy atom. The predicted octanol–water partition coefficient (Wildman–Crippen LogP) is 4.05. The van der Waals surface area contributed by atoms with Gasteiger partial charge in [-0.25, -0.2) is 17.2 Å². The Labute approximate surface area is 188 Å². The van der Waals surface area contributed by atoms with Crippen molar-refractivity contribution in [1.29, 1.82) is 0 Å². The van der Waals surface area contributed by atoms with E-state index in [4.69, 9.17) is 4.74 Å². The maximum absolute atomic E-state index is 13.5. The molecule has 9 heteroatoms. The lowest BCUT2D eigenvalue weighted by Crippen LogP contribution is -2.32. The van der Waals surface area contributed by atoms with Gasteiger partial charge in [0.05, 0.1) is 18.0 Å². The molecule has 32 heavy (non-hydrogen) atoms. The summed E-state index contributed by atoms with van der Waals surface area (Å²) in [4.78, 5) is 12.1. The molecule has 0 atom stereocenters. The van der Waals surface area contributed by atoms with E-state index in [1.165, 1.54) is 6.07 Å². The molecule has 0 bridgehead atoms. The van der Waals surface area contributed by atoms with Gasteiger partial charge in [0.1, 0.15) is 5.75 Å². The van der Waals surface area contributed by atoms with Crippen LogP contribution >= 0.6 is 0 Å². The van der Waals surface area contributed by atoms with Crippen molar-refractivity contribution in [3.05, 3.63) is 59.7 Å². The van der Waals surface area contributed by atoms with Crippen LogP contribution in [0.3, 0.4) is 0 Å². The molecule has 0 heterocycles. The molecular formula is C23H30F2N2O4S. The second kappa shape index (κ2) is 11.8. The number of carbonyl (C=O) groups is 1. The van der Waals surface area contributed by atoms with Crippen LogP contribution in [0.4, 0.5) is 14.5 Å². The molecule has 0 unspecified atom stereocenters. The first-order valence-corrected chi connectivity index (χ1v) is 12.4. The van der Waals surface area contributed by atoms with Gasteiger partial charge in [-0.1, -0.05) is 12.1 Å². The Kier molecular flexibility index (Phi) is 9.43. The van der Waals surface area contributed by atoms with Gasteiger partial charge < -0.3 is 10.1 Å². The van der Waals surface area contributed by atoms with Crippen LogP contribution in [0.5, 0.6) is 5.75 Å². The van der Waals surface area contributed by atoms with Crippen LogP contribution in [0.25, 0.3) is 0 Å². The number of rotatable bonds is 12. The summed E-state index contributed by atoms with van der Waals surface area (Å²) in [5, 5.41) is 2.82. The third-order valence-corrected chi connectivity index (χ3v) is 5.79. The van der Waals surface area contributed by atoms with Crippen LogP contribution in [0.1, 0.15) is 38.7 Å². The molecule has 1 N–H and O–H groups in total. The van der Waals surface area contributed by atoms with E-state index in [0.717, 1.165) is 46.8 Å². The number of carbonyl (C=O) groups excluding carboxylic acids is 1. The normalized spacial score (nSPS) is 11.4. The average Bonchev–Trinajstić information content (AvgIpc) is 2.70.